The summed E-state index contributed by atoms with van der Waals surface area (Å²) in [5.74, 6) is 1.90. The lowest BCUT2D eigenvalue weighted by Gasteiger charge is -2.10. The van der Waals surface area contributed by atoms with E-state index in [9.17, 15) is 0 Å². The summed E-state index contributed by atoms with van der Waals surface area (Å²) in [7, 11) is 1.90. The third kappa shape index (κ3) is 3.30. The van der Waals surface area contributed by atoms with Crippen molar-refractivity contribution >= 4 is 15.9 Å². The molecule has 0 aliphatic heterocycles. The molecule has 0 saturated heterocycles. The van der Waals surface area contributed by atoms with Crippen molar-refractivity contribution in [3.8, 4) is 5.75 Å². The smallest absolute Gasteiger partial charge is 0.223 e. The van der Waals surface area contributed by atoms with Crippen molar-refractivity contribution in [1.29, 1.82) is 0 Å². The van der Waals surface area contributed by atoms with Gasteiger partial charge in [0.2, 0.25) is 11.7 Å². The van der Waals surface area contributed by atoms with Gasteiger partial charge in [-0.3, -0.25) is 0 Å². The maximum absolute atomic E-state index is 5.70. The fraction of sp³-hybridized carbons (Fsp3) is 0.333. The fourth-order valence-electron chi connectivity index (χ4n) is 1.56. The zero-order valence-corrected chi connectivity index (χ0v) is 11.8. The molecule has 0 bridgehead atoms. The normalized spacial score (nSPS) is 10.6. The van der Waals surface area contributed by atoms with Gasteiger partial charge >= 0.3 is 0 Å². The van der Waals surface area contributed by atoms with Crippen LogP contribution in [0.3, 0.4) is 0 Å². The summed E-state index contributed by atoms with van der Waals surface area (Å²) in [6, 6.07) is 5.88. The van der Waals surface area contributed by atoms with E-state index in [2.05, 4.69) is 31.4 Å². The van der Waals surface area contributed by atoms with E-state index in [0.717, 1.165) is 22.3 Å². The number of rotatable bonds is 5. The van der Waals surface area contributed by atoms with E-state index in [1.807, 2.05) is 25.2 Å². The average Bonchev–Trinajstić information content (AvgIpc) is 2.75. The molecule has 0 spiro atoms. The summed E-state index contributed by atoms with van der Waals surface area (Å²) in [4.78, 5) is 4.09. The zero-order valence-electron chi connectivity index (χ0n) is 10.2. The molecule has 1 N–H and O–H groups in total. The Morgan fingerprint density at radius 2 is 2.28 bits per heavy atom. The molecule has 1 aromatic heterocycles. The van der Waals surface area contributed by atoms with Gasteiger partial charge in [0.1, 0.15) is 5.75 Å². The highest BCUT2D eigenvalue weighted by Crippen LogP contribution is 2.23. The Morgan fingerprint density at radius 1 is 1.44 bits per heavy atom. The van der Waals surface area contributed by atoms with E-state index in [4.69, 9.17) is 9.26 Å². The first-order valence-electron chi connectivity index (χ1n) is 5.54. The summed E-state index contributed by atoms with van der Waals surface area (Å²) in [6.45, 7) is 2.79. The van der Waals surface area contributed by atoms with Crippen LogP contribution in [0.2, 0.25) is 0 Å². The van der Waals surface area contributed by atoms with Crippen LogP contribution in [0.5, 0.6) is 5.75 Å². The predicted molar refractivity (Wildman–Crippen MR) is 70.3 cm³/mol. The standard InChI is InChI=1S/C12H14BrN3O2/c1-8-15-12(16-18-8)7-17-11-4-3-10(13)5-9(11)6-14-2/h3-5,14H,6-7H2,1-2H3. The highest BCUT2D eigenvalue weighted by Gasteiger charge is 2.07. The van der Waals surface area contributed by atoms with Gasteiger partial charge in [-0.15, -0.1) is 0 Å². The van der Waals surface area contributed by atoms with Gasteiger partial charge in [-0.25, -0.2) is 0 Å². The summed E-state index contributed by atoms with van der Waals surface area (Å²) >= 11 is 3.44. The Labute approximate surface area is 114 Å². The first-order chi connectivity index (χ1) is 8.69. The molecule has 1 heterocycles. The van der Waals surface area contributed by atoms with Crippen LogP contribution in [-0.4, -0.2) is 17.2 Å². The number of aromatic nitrogens is 2. The summed E-state index contributed by atoms with van der Waals surface area (Å²) in [5.41, 5.74) is 1.08. The molecule has 0 aliphatic carbocycles. The van der Waals surface area contributed by atoms with Crippen molar-refractivity contribution in [2.75, 3.05) is 7.05 Å². The minimum absolute atomic E-state index is 0.301. The molecule has 0 radical (unpaired) electrons. The molecular weight excluding hydrogens is 298 g/mol. The van der Waals surface area contributed by atoms with Crippen molar-refractivity contribution < 1.29 is 9.26 Å². The van der Waals surface area contributed by atoms with Gasteiger partial charge in [0.05, 0.1) is 0 Å². The lowest BCUT2D eigenvalue weighted by molar-refractivity contribution is 0.282. The molecule has 2 rings (SSSR count). The van der Waals surface area contributed by atoms with E-state index < -0.39 is 0 Å². The molecule has 0 saturated carbocycles. The Balaban J connectivity index is 2.08. The second-order valence-corrected chi connectivity index (χ2v) is 4.72. The number of aryl methyl sites for hydroxylation is 1. The van der Waals surface area contributed by atoms with Crippen LogP contribution in [0.15, 0.2) is 27.2 Å². The Kier molecular flexibility index (Phi) is 4.33. The van der Waals surface area contributed by atoms with Gasteiger partial charge in [-0.05, 0) is 25.2 Å². The van der Waals surface area contributed by atoms with Crippen LogP contribution in [0.1, 0.15) is 17.3 Å². The van der Waals surface area contributed by atoms with E-state index >= 15 is 0 Å². The monoisotopic (exact) mass is 311 g/mol. The van der Waals surface area contributed by atoms with E-state index in [-0.39, 0.29) is 0 Å². The van der Waals surface area contributed by atoms with E-state index in [1.54, 1.807) is 6.92 Å². The van der Waals surface area contributed by atoms with Gasteiger partial charge in [0, 0.05) is 23.5 Å². The molecule has 0 amide bonds. The van der Waals surface area contributed by atoms with Crippen LogP contribution in [0.4, 0.5) is 0 Å². The quantitative estimate of drug-likeness (QED) is 0.919. The van der Waals surface area contributed by atoms with Crippen molar-refractivity contribution in [1.82, 2.24) is 15.5 Å². The molecule has 96 valence electrons. The third-order valence-electron chi connectivity index (χ3n) is 2.32. The second-order valence-electron chi connectivity index (χ2n) is 3.80. The van der Waals surface area contributed by atoms with Gasteiger partial charge < -0.3 is 14.6 Å². The van der Waals surface area contributed by atoms with Gasteiger partial charge in [0.15, 0.2) is 6.61 Å². The molecule has 0 atom stereocenters. The molecule has 1 aromatic carbocycles. The van der Waals surface area contributed by atoms with Gasteiger partial charge in [0.25, 0.3) is 0 Å². The zero-order chi connectivity index (χ0) is 13.0. The Bertz CT molecular complexity index is 528. The number of nitrogens with one attached hydrogen (secondary N) is 1. The van der Waals surface area contributed by atoms with Crippen molar-refractivity contribution in [3.05, 3.63) is 40.0 Å². The van der Waals surface area contributed by atoms with Crippen LogP contribution >= 0.6 is 15.9 Å². The highest BCUT2D eigenvalue weighted by molar-refractivity contribution is 9.10. The van der Waals surface area contributed by atoms with Crippen LogP contribution < -0.4 is 10.1 Å². The number of nitrogens with zero attached hydrogens (tertiary/aromatic N) is 2. The SMILES string of the molecule is CNCc1cc(Br)ccc1OCc1noc(C)n1. The van der Waals surface area contributed by atoms with E-state index in [1.165, 1.54) is 0 Å². The van der Waals surface area contributed by atoms with Crippen LogP contribution in [0.25, 0.3) is 0 Å². The van der Waals surface area contributed by atoms with Crippen LogP contribution in [0, 0.1) is 6.92 Å². The molecule has 5 nitrogen and oxygen atoms in total. The summed E-state index contributed by atoms with van der Waals surface area (Å²) in [6.07, 6.45) is 0. The van der Waals surface area contributed by atoms with E-state index in [0.29, 0.717) is 18.3 Å². The van der Waals surface area contributed by atoms with Gasteiger partial charge in [-0.2, -0.15) is 4.98 Å². The number of benzene rings is 1. The second kappa shape index (κ2) is 5.97. The molecule has 18 heavy (non-hydrogen) atoms. The largest absolute Gasteiger partial charge is 0.485 e. The molecule has 2 aromatic rings. The van der Waals surface area contributed by atoms with Crippen molar-refractivity contribution in [3.63, 3.8) is 0 Å². The summed E-state index contributed by atoms with van der Waals surface area (Å²) < 4.78 is 11.6. The average molecular weight is 312 g/mol. The van der Waals surface area contributed by atoms with Crippen LogP contribution in [-0.2, 0) is 13.2 Å². The topological polar surface area (TPSA) is 60.2 Å². The molecule has 6 heteroatoms. The first-order valence-corrected chi connectivity index (χ1v) is 6.33. The maximum Gasteiger partial charge on any atom is 0.223 e. The third-order valence-corrected chi connectivity index (χ3v) is 2.81. The first kappa shape index (κ1) is 13.0. The maximum atomic E-state index is 5.70. The Morgan fingerprint density at radius 3 is 2.94 bits per heavy atom. The number of hydrogen-bond donors (Lipinski definition) is 1. The number of ether oxygens (including phenoxy) is 1. The van der Waals surface area contributed by atoms with Gasteiger partial charge in [-0.1, -0.05) is 21.1 Å². The van der Waals surface area contributed by atoms with Crippen molar-refractivity contribution in [2.45, 2.75) is 20.1 Å². The summed E-state index contributed by atoms with van der Waals surface area (Å²) in [5, 5.41) is 6.89. The molecule has 0 unspecified atom stereocenters. The minimum Gasteiger partial charge on any atom is -0.485 e. The lowest BCUT2D eigenvalue weighted by atomic mass is 10.2. The minimum atomic E-state index is 0.301. The fourth-order valence-corrected chi connectivity index (χ4v) is 1.97. The number of hydrogen-bond acceptors (Lipinski definition) is 5. The number of halogens is 1. The molecule has 0 aliphatic rings. The Hall–Kier alpha value is -1.40. The molecule has 0 fully saturated rings. The lowest BCUT2D eigenvalue weighted by Crippen LogP contribution is -2.08. The van der Waals surface area contributed by atoms with Crippen molar-refractivity contribution in [2.24, 2.45) is 0 Å². The molecular formula is C12H14BrN3O2. The predicted octanol–water partition coefficient (Wildman–Crippen LogP) is 2.44. The highest BCUT2D eigenvalue weighted by atomic mass is 79.9.